The molecule has 102 valence electrons. The fourth-order valence-electron chi connectivity index (χ4n) is 2.02. The lowest BCUT2D eigenvalue weighted by atomic mass is 10.1. The van der Waals surface area contributed by atoms with Gasteiger partial charge in [0.1, 0.15) is 0 Å². The van der Waals surface area contributed by atoms with Crippen LogP contribution in [-0.2, 0) is 18.3 Å². The molecule has 0 bridgehead atoms. The van der Waals surface area contributed by atoms with Gasteiger partial charge in [-0.15, -0.1) is 11.3 Å². The van der Waals surface area contributed by atoms with E-state index in [4.69, 9.17) is 0 Å². The Morgan fingerprint density at radius 2 is 2.32 bits per heavy atom. The van der Waals surface area contributed by atoms with Crippen LogP contribution in [0.2, 0.25) is 0 Å². The SMILES string of the molecule is Cc1nn(C)cc1C(C)NC(=O)Cc1ccc(Br)s1. The quantitative estimate of drug-likeness (QED) is 0.929. The second-order valence-electron chi connectivity index (χ2n) is 4.52. The molecule has 0 aliphatic carbocycles. The zero-order valence-electron chi connectivity index (χ0n) is 11.1. The van der Waals surface area contributed by atoms with Gasteiger partial charge in [0.2, 0.25) is 5.91 Å². The second kappa shape index (κ2) is 5.88. The molecule has 1 atom stereocenters. The van der Waals surface area contributed by atoms with E-state index in [2.05, 4.69) is 26.3 Å². The van der Waals surface area contributed by atoms with Crippen LogP contribution in [0.15, 0.2) is 22.1 Å². The van der Waals surface area contributed by atoms with Gasteiger partial charge in [-0.05, 0) is 41.9 Å². The zero-order valence-corrected chi connectivity index (χ0v) is 13.5. The Bertz CT molecular complexity index is 590. The molecule has 0 saturated carbocycles. The highest BCUT2D eigenvalue weighted by molar-refractivity contribution is 9.11. The summed E-state index contributed by atoms with van der Waals surface area (Å²) in [5.41, 5.74) is 2.01. The van der Waals surface area contributed by atoms with Gasteiger partial charge < -0.3 is 5.32 Å². The number of aromatic nitrogens is 2. The predicted octanol–water partition coefficient (Wildman–Crippen LogP) is 2.97. The first-order chi connectivity index (χ1) is 8.95. The lowest BCUT2D eigenvalue weighted by Crippen LogP contribution is -2.28. The Kier molecular flexibility index (Phi) is 4.42. The van der Waals surface area contributed by atoms with Gasteiger partial charge in [-0.2, -0.15) is 5.10 Å². The van der Waals surface area contributed by atoms with Gasteiger partial charge in [-0.1, -0.05) is 0 Å². The topological polar surface area (TPSA) is 46.9 Å². The average molecular weight is 342 g/mol. The highest BCUT2D eigenvalue weighted by Gasteiger charge is 2.15. The second-order valence-corrected chi connectivity index (χ2v) is 7.06. The molecule has 1 N–H and O–H groups in total. The molecule has 1 amide bonds. The fourth-order valence-corrected chi connectivity index (χ4v) is 3.50. The molecule has 4 nitrogen and oxygen atoms in total. The summed E-state index contributed by atoms with van der Waals surface area (Å²) < 4.78 is 2.82. The Balaban J connectivity index is 1.97. The molecule has 2 aromatic rings. The van der Waals surface area contributed by atoms with Crippen molar-refractivity contribution < 1.29 is 4.79 Å². The van der Waals surface area contributed by atoms with E-state index in [1.165, 1.54) is 0 Å². The minimum Gasteiger partial charge on any atom is -0.349 e. The summed E-state index contributed by atoms with van der Waals surface area (Å²) in [5.74, 6) is 0.0325. The molecule has 19 heavy (non-hydrogen) atoms. The minimum atomic E-state index is -0.0235. The summed E-state index contributed by atoms with van der Waals surface area (Å²) in [5, 5.41) is 7.30. The summed E-state index contributed by atoms with van der Waals surface area (Å²) in [6.07, 6.45) is 2.36. The molecule has 2 rings (SSSR count). The normalized spacial score (nSPS) is 12.4. The van der Waals surface area contributed by atoms with E-state index in [9.17, 15) is 4.79 Å². The third-order valence-electron chi connectivity index (χ3n) is 2.86. The average Bonchev–Trinajstić information content (AvgIpc) is 2.84. The number of hydrogen-bond donors (Lipinski definition) is 1. The number of hydrogen-bond acceptors (Lipinski definition) is 3. The number of aryl methyl sites for hydroxylation is 2. The molecule has 0 aliphatic rings. The number of carbonyl (C=O) groups is 1. The molecule has 1 unspecified atom stereocenters. The smallest absolute Gasteiger partial charge is 0.225 e. The van der Waals surface area contributed by atoms with Crippen molar-refractivity contribution in [1.82, 2.24) is 15.1 Å². The fraction of sp³-hybridized carbons (Fsp3) is 0.385. The van der Waals surface area contributed by atoms with Crippen LogP contribution in [0.5, 0.6) is 0 Å². The predicted molar refractivity (Wildman–Crippen MR) is 80.2 cm³/mol. The van der Waals surface area contributed by atoms with Crippen LogP contribution in [-0.4, -0.2) is 15.7 Å². The third kappa shape index (κ3) is 3.67. The van der Waals surface area contributed by atoms with E-state index >= 15 is 0 Å². The largest absolute Gasteiger partial charge is 0.349 e. The molecule has 6 heteroatoms. The first kappa shape index (κ1) is 14.3. The van der Waals surface area contributed by atoms with Gasteiger partial charge in [0.15, 0.2) is 0 Å². The molecule has 2 heterocycles. The van der Waals surface area contributed by atoms with Crippen molar-refractivity contribution in [2.24, 2.45) is 7.05 Å². The molecular formula is C13H16BrN3OS. The van der Waals surface area contributed by atoms with Crippen LogP contribution in [0.4, 0.5) is 0 Å². The van der Waals surface area contributed by atoms with Crippen molar-refractivity contribution in [1.29, 1.82) is 0 Å². The molecule has 0 saturated heterocycles. The van der Waals surface area contributed by atoms with Gasteiger partial charge in [0, 0.05) is 23.7 Å². The Morgan fingerprint density at radius 3 is 2.84 bits per heavy atom. The maximum atomic E-state index is 12.0. The van der Waals surface area contributed by atoms with Crippen molar-refractivity contribution in [2.45, 2.75) is 26.3 Å². The van der Waals surface area contributed by atoms with Crippen molar-refractivity contribution in [3.8, 4) is 0 Å². The van der Waals surface area contributed by atoms with Crippen molar-refractivity contribution in [3.63, 3.8) is 0 Å². The Hall–Kier alpha value is -1.14. The van der Waals surface area contributed by atoms with Gasteiger partial charge in [0.25, 0.3) is 0 Å². The van der Waals surface area contributed by atoms with E-state index < -0.39 is 0 Å². The van der Waals surface area contributed by atoms with E-state index in [1.807, 2.05) is 39.2 Å². The van der Waals surface area contributed by atoms with E-state index in [1.54, 1.807) is 16.0 Å². The molecule has 0 spiro atoms. The summed E-state index contributed by atoms with van der Waals surface area (Å²) in [6.45, 7) is 3.93. The van der Waals surface area contributed by atoms with E-state index in [0.29, 0.717) is 6.42 Å². The highest BCUT2D eigenvalue weighted by atomic mass is 79.9. The van der Waals surface area contributed by atoms with Crippen LogP contribution in [0.3, 0.4) is 0 Å². The molecule has 0 fully saturated rings. The lowest BCUT2D eigenvalue weighted by molar-refractivity contribution is -0.121. The number of rotatable bonds is 4. The zero-order chi connectivity index (χ0) is 14.0. The molecule has 0 radical (unpaired) electrons. The molecular weight excluding hydrogens is 326 g/mol. The van der Waals surface area contributed by atoms with Crippen LogP contribution in [0.25, 0.3) is 0 Å². The first-order valence-electron chi connectivity index (χ1n) is 5.99. The lowest BCUT2D eigenvalue weighted by Gasteiger charge is -2.12. The molecule has 0 aromatic carbocycles. The first-order valence-corrected chi connectivity index (χ1v) is 7.60. The maximum absolute atomic E-state index is 12.0. The van der Waals surface area contributed by atoms with E-state index in [-0.39, 0.29) is 11.9 Å². The summed E-state index contributed by atoms with van der Waals surface area (Å²) in [6, 6.07) is 3.90. The Morgan fingerprint density at radius 1 is 1.58 bits per heavy atom. The van der Waals surface area contributed by atoms with Crippen molar-refractivity contribution in [3.05, 3.63) is 38.3 Å². The summed E-state index contributed by atoms with van der Waals surface area (Å²) >= 11 is 4.98. The number of amides is 1. The van der Waals surface area contributed by atoms with Gasteiger partial charge in [-0.25, -0.2) is 0 Å². The Labute approximate surface area is 125 Å². The molecule has 0 aliphatic heterocycles. The van der Waals surface area contributed by atoms with Crippen molar-refractivity contribution >= 4 is 33.2 Å². The van der Waals surface area contributed by atoms with Crippen LogP contribution >= 0.6 is 27.3 Å². The number of halogens is 1. The van der Waals surface area contributed by atoms with Gasteiger partial charge in [-0.3, -0.25) is 9.48 Å². The molecule has 2 aromatic heterocycles. The standard InChI is InChI=1S/C13H16BrN3OS/c1-8(11-7-17(3)16-9(11)2)15-13(18)6-10-4-5-12(14)19-10/h4-5,7-8H,6H2,1-3H3,(H,15,18). The minimum absolute atomic E-state index is 0.0235. The summed E-state index contributed by atoms with van der Waals surface area (Å²) in [4.78, 5) is 13.0. The highest BCUT2D eigenvalue weighted by Crippen LogP contribution is 2.22. The monoisotopic (exact) mass is 341 g/mol. The van der Waals surface area contributed by atoms with Crippen LogP contribution in [0, 0.1) is 6.92 Å². The van der Waals surface area contributed by atoms with Gasteiger partial charge in [0.05, 0.1) is 21.9 Å². The van der Waals surface area contributed by atoms with Crippen LogP contribution in [0.1, 0.15) is 29.1 Å². The summed E-state index contributed by atoms with van der Waals surface area (Å²) in [7, 11) is 1.88. The maximum Gasteiger partial charge on any atom is 0.225 e. The number of thiophene rings is 1. The number of nitrogens with one attached hydrogen (secondary N) is 1. The third-order valence-corrected chi connectivity index (χ3v) is 4.48. The van der Waals surface area contributed by atoms with Gasteiger partial charge >= 0.3 is 0 Å². The van der Waals surface area contributed by atoms with E-state index in [0.717, 1.165) is 19.9 Å². The van der Waals surface area contributed by atoms with Crippen molar-refractivity contribution in [2.75, 3.05) is 0 Å². The number of nitrogens with zero attached hydrogens (tertiary/aromatic N) is 2. The number of carbonyl (C=O) groups excluding carboxylic acids is 1. The van der Waals surface area contributed by atoms with Crippen LogP contribution < -0.4 is 5.32 Å².